The van der Waals surface area contributed by atoms with Gasteiger partial charge in [-0.05, 0) is 47.2 Å². The van der Waals surface area contributed by atoms with E-state index in [1.807, 2.05) is 7.05 Å². The van der Waals surface area contributed by atoms with E-state index in [-0.39, 0.29) is 0 Å². The first-order valence-electron chi connectivity index (χ1n) is 8.34. The van der Waals surface area contributed by atoms with Crippen LogP contribution in [0.5, 0.6) is 0 Å². The van der Waals surface area contributed by atoms with Gasteiger partial charge in [0.05, 0.1) is 6.54 Å². The fourth-order valence-electron chi connectivity index (χ4n) is 2.81. The number of nitrogens with zero attached hydrogens (tertiary/aromatic N) is 4. The summed E-state index contributed by atoms with van der Waals surface area (Å²) in [5.41, 5.74) is 3.81. The summed E-state index contributed by atoms with van der Waals surface area (Å²) < 4.78 is 3.22. The minimum Gasteiger partial charge on any atom is -0.352 e. The van der Waals surface area contributed by atoms with Crippen LogP contribution in [-0.4, -0.2) is 48.5 Å². The number of rotatable bonds is 6. The SMILES string of the molecule is CN=C(NCc1cccc(CN(C)C)c1)N(C)Cc1cc(Br)cn1C. The van der Waals surface area contributed by atoms with Gasteiger partial charge in [-0.15, -0.1) is 0 Å². The fraction of sp³-hybridized carbons (Fsp3) is 0.421. The Kier molecular flexibility index (Phi) is 7.08. The van der Waals surface area contributed by atoms with Crippen LogP contribution < -0.4 is 5.32 Å². The van der Waals surface area contributed by atoms with E-state index in [2.05, 4.69) is 105 Å². The molecule has 0 aliphatic rings. The number of halogens is 1. The number of aliphatic imine (C=N–C) groups is 1. The van der Waals surface area contributed by atoms with Gasteiger partial charge >= 0.3 is 0 Å². The summed E-state index contributed by atoms with van der Waals surface area (Å²) >= 11 is 3.52. The average Bonchev–Trinajstić information content (AvgIpc) is 2.85. The van der Waals surface area contributed by atoms with Crippen molar-refractivity contribution >= 4 is 21.9 Å². The van der Waals surface area contributed by atoms with Crippen molar-refractivity contribution in [2.75, 3.05) is 28.2 Å². The summed E-state index contributed by atoms with van der Waals surface area (Å²) in [6, 6.07) is 10.8. The molecule has 6 heteroatoms. The maximum atomic E-state index is 4.41. The van der Waals surface area contributed by atoms with Crippen molar-refractivity contribution < 1.29 is 0 Å². The van der Waals surface area contributed by atoms with Crippen LogP contribution in [0.3, 0.4) is 0 Å². The Hall–Kier alpha value is -1.79. The molecule has 25 heavy (non-hydrogen) atoms. The number of aryl methyl sites for hydroxylation is 1. The van der Waals surface area contributed by atoms with Gasteiger partial charge in [-0.2, -0.15) is 0 Å². The van der Waals surface area contributed by atoms with E-state index in [1.54, 1.807) is 0 Å². The highest BCUT2D eigenvalue weighted by molar-refractivity contribution is 9.10. The van der Waals surface area contributed by atoms with Gasteiger partial charge in [-0.3, -0.25) is 4.99 Å². The second-order valence-electron chi connectivity index (χ2n) is 6.58. The molecule has 0 fully saturated rings. The summed E-state index contributed by atoms with van der Waals surface area (Å²) in [5.74, 6) is 0.885. The van der Waals surface area contributed by atoms with Crippen molar-refractivity contribution in [3.63, 3.8) is 0 Å². The van der Waals surface area contributed by atoms with Gasteiger partial charge in [0.15, 0.2) is 5.96 Å². The van der Waals surface area contributed by atoms with Crippen LogP contribution in [0.2, 0.25) is 0 Å². The summed E-state index contributed by atoms with van der Waals surface area (Å²) in [6.07, 6.45) is 2.07. The van der Waals surface area contributed by atoms with E-state index < -0.39 is 0 Å². The first-order valence-corrected chi connectivity index (χ1v) is 9.13. The lowest BCUT2D eigenvalue weighted by Crippen LogP contribution is -2.38. The Morgan fingerprint density at radius 2 is 1.88 bits per heavy atom. The third-order valence-corrected chi connectivity index (χ3v) is 4.42. The first kappa shape index (κ1) is 19.5. The van der Waals surface area contributed by atoms with Gasteiger partial charge in [-0.1, -0.05) is 24.3 Å². The van der Waals surface area contributed by atoms with Gasteiger partial charge in [0.2, 0.25) is 0 Å². The van der Waals surface area contributed by atoms with Crippen molar-refractivity contribution in [2.24, 2.45) is 12.0 Å². The molecule has 0 radical (unpaired) electrons. The predicted molar refractivity (Wildman–Crippen MR) is 109 cm³/mol. The molecule has 0 saturated carbocycles. The van der Waals surface area contributed by atoms with E-state index >= 15 is 0 Å². The van der Waals surface area contributed by atoms with Gasteiger partial charge in [0, 0.05) is 50.6 Å². The molecule has 1 heterocycles. The van der Waals surface area contributed by atoms with Crippen molar-refractivity contribution in [1.29, 1.82) is 0 Å². The van der Waals surface area contributed by atoms with Gasteiger partial charge < -0.3 is 19.7 Å². The van der Waals surface area contributed by atoms with E-state index in [0.717, 1.165) is 30.1 Å². The number of aromatic nitrogens is 1. The second-order valence-corrected chi connectivity index (χ2v) is 7.49. The Bertz CT molecular complexity index is 720. The Balaban J connectivity index is 1.97. The highest BCUT2D eigenvalue weighted by atomic mass is 79.9. The lowest BCUT2D eigenvalue weighted by Gasteiger charge is -2.22. The lowest BCUT2D eigenvalue weighted by molar-refractivity contribution is 0.402. The number of nitrogens with one attached hydrogen (secondary N) is 1. The summed E-state index contributed by atoms with van der Waals surface area (Å²) in [7, 11) is 10.1. The van der Waals surface area contributed by atoms with Crippen molar-refractivity contribution in [3.8, 4) is 0 Å². The minimum absolute atomic E-state index is 0.759. The van der Waals surface area contributed by atoms with Crippen LogP contribution in [0, 0.1) is 0 Å². The van der Waals surface area contributed by atoms with E-state index in [1.165, 1.54) is 16.8 Å². The average molecular weight is 406 g/mol. The molecule has 2 aromatic rings. The van der Waals surface area contributed by atoms with E-state index in [4.69, 9.17) is 0 Å². The fourth-order valence-corrected chi connectivity index (χ4v) is 3.38. The number of hydrogen-bond donors (Lipinski definition) is 1. The number of hydrogen-bond acceptors (Lipinski definition) is 2. The summed E-state index contributed by atoms with van der Waals surface area (Å²) in [6.45, 7) is 2.50. The van der Waals surface area contributed by atoms with E-state index in [0.29, 0.717) is 0 Å². The summed E-state index contributed by atoms with van der Waals surface area (Å²) in [4.78, 5) is 8.72. The monoisotopic (exact) mass is 405 g/mol. The van der Waals surface area contributed by atoms with Crippen LogP contribution in [-0.2, 0) is 26.7 Å². The molecule has 0 bridgehead atoms. The third-order valence-electron chi connectivity index (χ3n) is 3.99. The van der Waals surface area contributed by atoms with Crippen LogP contribution in [0.15, 0.2) is 46.0 Å². The van der Waals surface area contributed by atoms with Gasteiger partial charge in [-0.25, -0.2) is 0 Å². The minimum atomic E-state index is 0.759. The zero-order valence-electron chi connectivity index (χ0n) is 15.8. The highest BCUT2D eigenvalue weighted by Gasteiger charge is 2.09. The molecule has 5 nitrogen and oxygen atoms in total. The molecule has 0 aliphatic heterocycles. The molecule has 0 saturated heterocycles. The van der Waals surface area contributed by atoms with Gasteiger partial charge in [0.1, 0.15) is 0 Å². The van der Waals surface area contributed by atoms with E-state index in [9.17, 15) is 0 Å². The Labute approximate surface area is 159 Å². The quantitative estimate of drug-likeness (QED) is 0.592. The Morgan fingerprint density at radius 3 is 2.48 bits per heavy atom. The topological polar surface area (TPSA) is 35.8 Å². The van der Waals surface area contributed by atoms with Crippen LogP contribution in [0.1, 0.15) is 16.8 Å². The Morgan fingerprint density at radius 1 is 1.16 bits per heavy atom. The smallest absolute Gasteiger partial charge is 0.194 e. The zero-order valence-corrected chi connectivity index (χ0v) is 17.3. The molecule has 1 N–H and O–H groups in total. The molecule has 0 spiro atoms. The molecule has 1 aromatic carbocycles. The second kappa shape index (κ2) is 9.06. The maximum Gasteiger partial charge on any atom is 0.194 e. The van der Waals surface area contributed by atoms with Gasteiger partial charge in [0.25, 0.3) is 0 Å². The molecule has 0 amide bonds. The highest BCUT2D eigenvalue weighted by Crippen LogP contribution is 2.15. The van der Waals surface area contributed by atoms with Crippen LogP contribution >= 0.6 is 15.9 Å². The molecular weight excluding hydrogens is 378 g/mol. The molecule has 136 valence electrons. The number of guanidine groups is 1. The third kappa shape index (κ3) is 5.90. The standard InChI is InChI=1S/C19H28BrN5/c1-21-19(25(5)14-18-10-17(20)13-24(18)4)22-11-15-7-6-8-16(9-15)12-23(2)3/h6-10,13H,11-12,14H2,1-5H3,(H,21,22). The predicted octanol–water partition coefficient (Wildman–Crippen LogP) is 3.06. The van der Waals surface area contributed by atoms with Crippen LogP contribution in [0.4, 0.5) is 0 Å². The number of benzene rings is 1. The van der Waals surface area contributed by atoms with Crippen molar-refractivity contribution in [1.82, 2.24) is 19.7 Å². The molecule has 2 rings (SSSR count). The molecule has 0 unspecified atom stereocenters. The van der Waals surface area contributed by atoms with Crippen LogP contribution in [0.25, 0.3) is 0 Å². The molecule has 0 atom stereocenters. The molecule has 0 aliphatic carbocycles. The largest absolute Gasteiger partial charge is 0.352 e. The molecule has 1 aromatic heterocycles. The lowest BCUT2D eigenvalue weighted by atomic mass is 10.1. The zero-order chi connectivity index (χ0) is 18.4. The maximum absolute atomic E-state index is 4.41. The summed E-state index contributed by atoms with van der Waals surface area (Å²) in [5, 5.41) is 3.45. The van der Waals surface area contributed by atoms with Crippen molar-refractivity contribution in [3.05, 3.63) is 57.8 Å². The normalized spacial score (nSPS) is 11.9. The van der Waals surface area contributed by atoms with Crippen molar-refractivity contribution in [2.45, 2.75) is 19.6 Å². The first-order chi connectivity index (χ1) is 11.9. The molecular formula is C19H28BrN5.